The molecule has 2 heterocycles. The third-order valence-corrected chi connectivity index (χ3v) is 4.33. The van der Waals surface area contributed by atoms with Gasteiger partial charge in [-0.1, -0.05) is 33.2 Å². The zero-order chi connectivity index (χ0) is 14.1. The van der Waals surface area contributed by atoms with E-state index < -0.39 is 0 Å². The summed E-state index contributed by atoms with van der Waals surface area (Å²) in [4.78, 5) is 0.884. The summed E-state index contributed by atoms with van der Waals surface area (Å²) >= 11 is 4.95. The molecule has 0 aliphatic heterocycles. The summed E-state index contributed by atoms with van der Waals surface area (Å²) in [7, 11) is 1.63. The highest BCUT2D eigenvalue weighted by Crippen LogP contribution is 2.43. The van der Waals surface area contributed by atoms with Crippen LogP contribution in [0.5, 0.6) is 5.75 Å². The van der Waals surface area contributed by atoms with Gasteiger partial charge in [0.15, 0.2) is 11.6 Å². The minimum Gasteiger partial charge on any atom is -0.495 e. The van der Waals surface area contributed by atoms with Crippen LogP contribution in [0.15, 0.2) is 44.7 Å². The Morgan fingerprint density at radius 1 is 1.25 bits per heavy atom. The largest absolute Gasteiger partial charge is 0.495 e. The van der Waals surface area contributed by atoms with Crippen molar-refractivity contribution in [2.75, 3.05) is 12.8 Å². The summed E-state index contributed by atoms with van der Waals surface area (Å²) in [5.41, 5.74) is 7.70. The zero-order valence-electron chi connectivity index (χ0n) is 10.6. The minimum absolute atomic E-state index is 0.373. The quantitative estimate of drug-likeness (QED) is 0.759. The Balaban J connectivity index is 2.17. The van der Waals surface area contributed by atoms with E-state index in [0.29, 0.717) is 11.6 Å². The Kier molecular flexibility index (Phi) is 3.50. The predicted molar refractivity (Wildman–Crippen MR) is 83.9 cm³/mol. The standard InChI is InChI=1S/C14H11BrN2O2S/c1-18-10-6-7-20-13(10)12-11(14(16)17-19-12)8-2-4-9(15)5-3-8/h2-7H,1H3,(H2,16,17). The van der Waals surface area contributed by atoms with Crippen LogP contribution in [0.4, 0.5) is 5.82 Å². The maximum Gasteiger partial charge on any atom is 0.190 e. The van der Waals surface area contributed by atoms with Gasteiger partial charge < -0.3 is 15.0 Å². The first kappa shape index (κ1) is 13.2. The zero-order valence-corrected chi connectivity index (χ0v) is 13.0. The number of halogens is 1. The summed E-state index contributed by atoms with van der Waals surface area (Å²) in [5, 5.41) is 5.83. The molecule has 1 aromatic carbocycles. The molecule has 2 aromatic heterocycles. The normalized spacial score (nSPS) is 10.7. The van der Waals surface area contributed by atoms with E-state index >= 15 is 0 Å². The molecule has 2 N–H and O–H groups in total. The van der Waals surface area contributed by atoms with Crippen LogP contribution in [-0.4, -0.2) is 12.3 Å². The molecule has 20 heavy (non-hydrogen) atoms. The monoisotopic (exact) mass is 350 g/mol. The summed E-state index contributed by atoms with van der Waals surface area (Å²) in [6.07, 6.45) is 0. The van der Waals surface area contributed by atoms with Crippen LogP contribution >= 0.6 is 27.3 Å². The molecule has 0 bridgehead atoms. The molecule has 0 spiro atoms. The Morgan fingerprint density at radius 3 is 2.70 bits per heavy atom. The minimum atomic E-state index is 0.373. The van der Waals surface area contributed by atoms with Crippen molar-refractivity contribution in [1.29, 1.82) is 0 Å². The molecule has 0 saturated heterocycles. The maximum absolute atomic E-state index is 5.96. The number of methoxy groups -OCH3 is 1. The van der Waals surface area contributed by atoms with E-state index in [9.17, 15) is 0 Å². The first-order valence-corrected chi connectivity index (χ1v) is 7.51. The third kappa shape index (κ3) is 2.21. The first-order valence-electron chi connectivity index (χ1n) is 5.83. The van der Waals surface area contributed by atoms with Gasteiger partial charge in [-0.2, -0.15) is 0 Å². The lowest BCUT2D eigenvalue weighted by atomic mass is 10.1. The lowest BCUT2D eigenvalue weighted by molar-refractivity contribution is 0.409. The van der Waals surface area contributed by atoms with Crippen molar-refractivity contribution in [3.8, 4) is 27.5 Å². The van der Waals surface area contributed by atoms with Gasteiger partial charge in [0, 0.05) is 4.47 Å². The Bertz CT molecular complexity index is 734. The second-order valence-electron chi connectivity index (χ2n) is 4.10. The number of ether oxygens (including phenoxy) is 1. The molecular weight excluding hydrogens is 340 g/mol. The molecule has 0 amide bonds. The summed E-state index contributed by atoms with van der Waals surface area (Å²) < 4.78 is 11.8. The molecule has 3 rings (SSSR count). The molecule has 102 valence electrons. The van der Waals surface area contributed by atoms with Gasteiger partial charge in [0.05, 0.1) is 12.7 Å². The SMILES string of the molecule is COc1ccsc1-c1onc(N)c1-c1ccc(Br)cc1. The van der Waals surface area contributed by atoms with Gasteiger partial charge in [-0.15, -0.1) is 11.3 Å². The number of nitrogens with zero attached hydrogens (tertiary/aromatic N) is 1. The smallest absolute Gasteiger partial charge is 0.190 e. The van der Waals surface area contributed by atoms with E-state index in [2.05, 4.69) is 21.1 Å². The number of hydrogen-bond donors (Lipinski definition) is 1. The average molecular weight is 351 g/mol. The third-order valence-electron chi connectivity index (χ3n) is 2.91. The number of nitrogen functional groups attached to an aromatic ring is 1. The number of nitrogens with two attached hydrogens (primary N) is 1. The topological polar surface area (TPSA) is 61.3 Å². The van der Waals surface area contributed by atoms with Crippen molar-refractivity contribution >= 4 is 33.1 Å². The molecule has 4 nitrogen and oxygen atoms in total. The molecule has 3 aromatic rings. The van der Waals surface area contributed by atoms with Gasteiger partial charge in [0.25, 0.3) is 0 Å². The highest BCUT2D eigenvalue weighted by atomic mass is 79.9. The average Bonchev–Trinajstić information content (AvgIpc) is 3.05. The molecule has 0 unspecified atom stereocenters. The maximum atomic E-state index is 5.96. The van der Waals surface area contributed by atoms with Gasteiger partial charge in [0.2, 0.25) is 0 Å². The first-order chi connectivity index (χ1) is 9.70. The van der Waals surface area contributed by atoms with Crippen LogP contribution in [0.3, 0.4) is 0 Å². The number of hydrogen-bond acceptors (Lipinski definition) is 5. The number of rotatable bonds is 3. The molecular formula is C14H11BrN2O2S. The number of anilines is 1. The van der Waals surface area contributed by atoms with E-state index in [4.69, 9.17) is 15.0 Å². The van der Waals surface area contributed by atoms with Gasteiger partial charge >= 0.3 is 0 Å². The fourth-order valence-electron chi connectivity index (χ4n) is 1.98. The predicted octanol–water partition coefficient (Wildman–Crippen LogP) is 4.42. The van der Waals surface area contributed by atoms with Crippen molar-refractivity contribution < 1.29 is 9.26 Å². The number of aromatic nitrogens is 1. The van der Waals surface area contributed by atoms with Crippen molar-refractivity contribution in [2.24, 2.45) is 0 Å². The van der Waals surface area contributed by atoms with Gasteiger partial charge in [0.1, 0.15) is 10.6 Å². The Morgan fingerprint density at radius 2 is 2.00 bits per heavy atom. The van der Waals surface area contributed by atoms with Crippen molar-refractivity contribution in [3.63, 3.8) is 0 Å². The second kappa shape index (κ2) is 5.30. The lowest BCUT2D eigenvalue weighted by Crippen LogP contribution is -1.89. The Hall–Kier alpha value is -1.79. The van der Waals surface area contributed by atoms with Crippen molar-refractivity contribution in [1.82, 2.24) is 5.16 Å². The van der Waals surface area contributed by atoms with E-state index in [1.54, 1.807) is 7.11 Å². The van der Waals surface area contributed by atoms with Crippen LogP contribution in [0.25, 0.3) is 21.8 Å². The molecule has 6 heteroatoms. The van der Waals surface area contributed by atoms with Gasteiger partial charge in [-0.3, -0.25) is 0 Å². The van der Waals surface area contributed by atoms with Crippen LogP contribution in [-0.2, 0) is 0 Å². The molecule has 0 atom stereocenters. The molecule has 0 radical (unpaired) electrons. The molecule has 0 fully saturated rings. The van der Waals surface area contributed by atoms with E-state index in [1.165, 1.54) is 11.3 Å². The van der Waals surface area contributed by atoms with Crippen LogP contribution < -0.4 is 10.5 Å². The number of benzene rings is 1. The summed E-state index contributed by atoms with van der Waals surface area (Å²) in [6.45, 7) is 0. The highest BCUT2D eigenvalue weighted by Gasteiger charge is 2.21. The molecule has 0 aliphatic carbocycles. The number of thiophene rings is 1. The lowest BCUT2D eigenvalue weighted by Gasteiger charge is -2.03. The van der Waals surface area contributed by atoms with E-state index in [-0.39, 0.29) is 0 Å². The van der Waals surface area contributed by atoms with E-state index in [0.717, 1.165) is 26.2 Å². The van der Waals surface area contributed by atoms with Crippen LogP contribution in [0, 0.1) is 0 Å². The summed E-state index contributed by atoms with van der Waals surface area (Å²) in [5.74, 6) is 1.76. The molecule has 0 aliphatic rings. The van der Waals surface area contributed by atoms with Crippen molar-refractivity contribution in [3.05, 3.63) is 40.2 Å². The van der Waals surface area contributed by atoms with Crippen molar-refractivity contribution in [2.45, 2.75) is 0 Å². The highest BCUT2D eigenvalue weighted by molar-refractivity contribution is 9.10. The van der Waals surface area contributed by atoms with Gasteiger partial charge in [-0.05, 0) is 29.1 Å². The fraction of sp³-hybridized carbons (Fsp3) is 0.0714. The molecule has 0 saturated carbocycles. The summed E-state index contributed by atoms with van der Waals surface area (Å²) in [6, 6.07) is 9.74. The Labute approximate surface area is 128 Å². The van der Waals surface area contributed by atoms with E-state index in [1.807, 2.05) is 35.7 Å². The fourth-order valence-corrected chi connectivity index (χ4v) is 3.08. The van der Waals surface area contributed by atoms with Crippen LogP contribution in [0.2, 0.25) is 0 Å². The van der Waals surface area contributed by atoms with Crippen LogP contribution in [0.1, 0.15) is 0 Å². The second-order valence-corrected chi connectivity index (χ2v) is 5.93. The van der Waals surface area contributed by atoms with Gasteiger partial charge in [-0.25, -0.2) is 0 Å².